The maximum atomic E-state index is 12.3. The highest BCUT2D eigenvalue weighted by atomic mass is 35.5. The second-order valence-electron chi connectivity index (χ2n) is 4.34. The predicted octanol–water partition coefficient (Wildman–Crippen LogP) is 2.67. The summed E-state index contributed by atoms with van der Waals surface area (Å²) >= 11 is 11.8. The van der Waals surface area contributed by atoms with Crippen LogP contribution in [0.15, 0.2) is 17.0 Å². The molecular formula is C12H18Cl2N2O3S. The van der Waals surface area contributed by atoms with Crippen LogP contribution < -0.4 is 10.5 Å². The molecule has 1 atom stereocenters. The molecule has 0 spiro atoms. The lowest BCUT2D eigenvalue weighted by atomic mass is 10.2. The third-order valence-electron chi connectivity index (χ3n) is 2.71. The predicted molar refractivity (Wildman–Crippen MR) is 81.8 cm³/mol. The maximum absolute atomic E-state index is 12.3. The van der Waals surface area contributed by atoms with E-state index in [2.05, 4.69) is 4.72 Å². The van der Waals surface area contributed by atoms with Gasteiger partial charge in [0.2, 0.25) is 10.0 Å². The van der Waals surface area contributed by atoms with Gasteiger partial charge in [-0.05, 0) is 18.6 Å². The molecule has 0 heterocycles. The molecule has 20 heavy (non-hydrogen) atoms. The molecule has 0 bridgehead atoms. The molecule has 0 amide bonds. The van der Waals surface area contributed by atoms with Crippen LogP contribution in [0.3, 0.4) is 0 Å². The molecule has 1 aromatic rings. The van der Waals surface area contributed by atoms with Crippen molar-refractivity contribution in [1.29, 1.82) is 0 Å². The van der Waals surface area contributed by atoms with Crippen LogP contribution in [-0.2, 0) is 14.8 Å². The van der Waals surface area contributed by atoms with Crippen LogP contribution in [-0.4, -0.2) is 28.2 Å². The van der Waals surface area contributed by atoms with Gasteiger partial charge in [-0.1, -0.05) is 36.5 Å². The lowest BCUT2D eigenvalue weighted by molar-refractivity contribution is 0.171. The van der Waals surface area contributed by atoms with Gasteiger partial charge in [-0.2, -0.15) is 0 Å². The number of methoxy groups -OCH3 is 1. The highest BCUT2D eigenvalue weighted by Gasteiger charge is 2.24. The Morgan fingerprint density at radius 3 is 2.60 bits per heavy atom. The lowest BCUT2D eigenvalue weighted by Crippen LogP contribution is -2.38. The number of ether oxygens (including phenoxy) is 1. The van der Waals surface area contributed by atoms with Crippen LogP contribution in [0.2, 0.25) is 10.0 Å². The van der Waals surface area contributed by atoms with Crippen molar-refractivity contribution in [2.24, 2.45) is 0 Å². The van der Waals surface area contributed by atoms with E-state index in [0.717, 1.165) is 6.42 Å². The minimum absolute atomic E-state index is 0.0509. The Hall–Kier alpha value is -0.530. The molecule has 0 radical (unpaired) electrons. The quantitative estimate of drug-likeness (QED) is 0.747. The first-order valence-electron chi connectivity index (χ1n) is 6.08. The zero-order chi connectivity index (χ0) is 15.3. The maximum Gasteiger partial charge on any atom is 0.242 e. The first kappa shape index (κ1) is 17.5. The van der Waals surface area contributed by atoms with Crippen molar-refractivity contribution in [2.45, 2.75) is 30.7 Å². The molecule has 0 aromatic heterocycles. The van der Waals surface area contributed by atoms with Crippen molar-refractivity contribution in [1.82, 2.24) is 4.72 Å². The molecule has 1 rings (SSSR count). The first-order chi connectivity index (χ1) is 9.33. The van der Waals surface area contributed by atoms with Crippen LogP contribution >= 0.6 is 23.2 Å². The second-order valence-corrected chi connectivity index (χ2v) is 6.80. The highest BCUT2D eigenvalue weighted by molar-refractivity contribution is 7.89. The van der Waals surface area contributed by atoms with Gasteiger partial charge in [0.25, 0.3) is 0 Å². The number of halogens is 2. The third kappa shape index (κ3) is 4.23. The molecular weight excluding hydrogens is 323 g/mol. The molecule has 0 fully saturated rings. The first-order valence-corrected chi connectivity index (χ1v) is 8.32. The molecule has 1 aromatic carbocycles. The molecule has 0 saturated heterocycles. The molecule has 3 N–H and O–H groups in total. The SMILES string of the molecule is CCCC(COC)NS(=O)(=O)c1ccc(Cl)c(N)c1Cl. The van der Waals surface area contributed by atoms with Crippen LogP contribution in [0.5, 0.6) is 0 Å². The van der Waals surface area contributed by atoms with E-state index in [9.17, 15) is 8.42 Å². The van der Waals surface area contributed by atoms with Gasteiger partial charge in [0.05, 0.1) is 22.3 Å². The summed E-state index contributed by atoms with van der Waals surface area (Å²) in [7, 11) is -2.26. The molecule has 0 aliphatic heterocycles. The van der Waals surface area contributed by atoms with E-state index in [-0.39, 0.29) is 33.3 Å². The van der Waals surface area contributed by atoms with Crippen LogP contribution in [0, 0.1) is 0 Å². The van der Waals surface area contributed by atoms with Crippen LogP contribution in [0.4, 0.5) is 5.69 Å². The van der Waals surface area contributed by atoms with Gasteiger partial charge in [0, 0.05) is 13.2 Å². The molecule has 5 nitrogen and oxygen atoms in total. The normalized spacial score (nSPS) is 13.4. The number of hydrogen-bond acceptors (Lipinski definition) is 4. The van der Waals surface area contributed by atoms with Crippen LogP contribution in [0.1, 0.15) is 19.8 Å². The summed E-state index contributed by atoms with van der Waals surface area (Å²) in [6.45, 7) is 2.25. The fourth-order valence-corrected chi connectivity index (χ4v) is 3.79. The van der Waals surface area contributed by atoms with Gasteiger partial charge < -0.3 is 10.5 Å². The highest BCUT2D eigenvalue weighted by Crippen LogP contribution is 2.33. The average Bonchev–Trinajstić information content (AvgIpc) is 2.36. The number of sulfonamides is 1. The molecule has 0 aliphatic rings. The number of hydrogen-bond donors (Lipinski definition) is 2. The topological polar surface area (TPSA) is 81.4 Å². The van der Waals surface area contributed by atoms with Gasteiger partial charge in [0.1, 0.15) is 4.90 Å². The van der Waals surface area contributed by atoms with Crippen molar-refractivity contribution in [3.8, 4) is 0 Å². The van der Waals surface area contributed by atoms with Gasteiger partial charge in [-0.25, -0.2) is 13.1 Å². The van der Waals surface area contributed by atoms with Crippen molar-refractivity contribution >= 4 is 38.9 Å². The van der Waals surface area contributed by atoms with E-state index in [1.807, 2.05) is 6.92 Å². The average molecular weight is 341 g/mol. The molecule has 114 valence electrons. The van der Waals surface area contributed by atoms with E-state index >= 15 is 0 Å². The second kappa shape index (κ2) is 7.47. The molecule has 0 aliphatic carbocycles. The zero-order valence-corrected chi connectivity index (χ0v) is 13.6. The zero-order valence-electron chi connectivity index (χ0n) is 11.3. The summed E-state index contributed by atoms with van der Waals surface area (Å²) in [4.78, 5) is -0.0849. The summed E-state index contributed by atoms with van der Waals surface area (Å²) in [6.07, 6.45) is 1.49. The Morgan fingerprint density at radius 1 is 1.40 bits per heavy atom. The Balaban J connectivity index is 3.07. The fourth-order valence-electron chi connectivity index (χ4n) is 1.77. The monoisotopic (exact) mass is 340 g/mol. The van der Waals surface area contributed by atoms with Crippen molar-refractivity contribution in [3.63, 3.8) is 0 Å². The van der Waals surface area contributed by atoms with E-state index in [1.165, 1.54) is 19.2 Å². The Bertz CT molecular complexity index is 558. The summed E-state index contributed by atoms with van der Waals surface area (Å²) in [6, 6.07) is 2.42. The minimum Gasteiger partial charge on any atom is -0.396 e. The van der Waals surface area contributed by atoms with E-state index < -0.39 is 10.0 Å². The number of nitrogens with one attached hydrogen (secondary N) is 1. The molecule has 8 heteroatoms. The van der Waals surface area contributed by atoms with Crippen molar-refractivity contribution in [3.05, 3.63) is 22.2 Å². The van der Waals surface area contributed by atoms with Crippen molar-refractivity contribution in [2.75, 3.05) is 19.5 Å². The van der Waals surface area contributed by atoms with Gasteiger partial charge in [-0.15, -0.1) is 0 Å². The van der Waals surface area contributed by atoms with Crippen LogP contribution in [0.25, 0.3) is 0 Å². The smallest absolute Gasteiger partial charge is 0.242 e. The number of nitrogens with two attached hydrogens (primary N) is 1. The van der Waals surface area contributed by atoms with E-state index in [1.54, 1.807) is 0 Å². The van der Waals surface area contributed by atoms with Gasteiger partial charge >= 0.3 is 0 Å². The minimum atomic E-state index is -3.77. The number of benzene rings is 1. The summed E-state index contributed by atoms with van der Waals surface area (Å²) in [5.41, 5.74) is 5.70. The lowest BCUT2D eigenvalue weighted by Gasteiger charge is -2.18. The third-order valence-corrected chi connectivity index (χ3v) is 5.12. The van der Waals surface area contributed by atoms with E-state index in [4.69, 9.17) is 33.7 Å². The van der Waals surface area contributed by atoms with Crippen molar-refractivity contribution < 1.29 is 13.2 Å². The summed E-state index contributed by atoms with van der Waals surface area (Å²) in [5, 5.41) is 0.147. The standard InChI is InChI=1S/C12H18Cl2N2O3S/c1-3-4-8(7-19-2)16-20(17,18)10-6-5-9(13)12(15)11(10)14/h5-6,8,16H,3-4,7,15H2,1-2H3. The summed E-state index contributed by atoms with van der Waals surface area (Å²) in [5.74, 6) is 0. The number of rotatable bonds is 7. The largest absolute Gasteiger partial charge is 0.396 e. The fraction of sp³-hybridized carbons (Fsp3) is 0.500. The molecule has 0 saturated carbocycles. The van der Waals surface area contributed by atoms with E-state index in [0.29, 0.717) is 6.42 Å². The van der Waals surface area contributed by atoms with Gasteiger partial charge in [-0.3, -0.25) is 0 Å². The number of nitrogen functional groups attached to an aromatic ring is 1. The molecule has 1 unspecified atom stereocenters. The van der Waals surface area contributed by atoms with Gasteiger partial charge in [0.15, 0.2) is 0 Å². The summed E-state index contributed by atoms with van der Waals surface area (Å²) < 4.78 is 32.2. The number of anilines is 1. The Morgan fingerprint density at radius 2 is 2.05 bits per heavy atom. The Kier molecular flexibility index (Phi) is 6.54. The Labute approximate surface area is 129 Å².